The summed E-state index contributed by atoms with van der Waals surface area (Å²) in [5, 5.41) is 2.80. The molecule has 2 aromatic rings. The Bertz CT molecular complexity index is 567. The standard InChI is InChI=1S/C21H29IOSi/c1-18(12-11-17-22)23-24(21(2,3)4,19-13-7-5-8-14-19)20-15-9-6-10-16-20/h5-10,13-16,18H,11-12,17H2,1-4H3/t18-/m1/s1. The van der Waals surface area contributed by atoms with Gasteiger partial charge in [0.2, 0.25) is 0 Å². The van der Waals surface area contributed by atoms with Crippen molar-refractivity contribution < 1.29 is 4.43 Å². The third-order valence-electron chi connectivity index (χ3n) is 4.54. The largest absolute Gasteiger partial charge is 0.405 e. The molecule has 0 spiro atoms. The summed E-state index contributed by atoms with van der Waals surface area (Å²) in [4.78, 5) is 0. The Kier molecular flexibility index (Phi) is 7.07. The van der Waals surface area contributed by atoms with E-state index >= 15 is 0 Å². The van der Waals surface area contributed by atoms with Crippen LogP contribution in [0.25, 0.3) is 0 Å². The Balaban J connectivity index is 2.57. The maximum absolute atomic E-state index is 7.01. The van der Waals surface area contributed by atoms with Crippen molar-refractivity contribution in [2.75, 3.05) is 4.43 Å². The molecular weight excluding hydrogens is 423 g/mol. The Morgan fingerprint density at radius 2 is 1.38 bits per heavy atom. The summed E-state index contributed by atoms with van der Waals surface area (Å²) in [7, 11) is -2.36. The van der Waals surface area contributed by atoms with Crippen molar-refractivity contribution in [3.63, 3.8) is 0 Å². The van der Waals surface area contributed by atoms with Crippen molar-refractivity contribution in [2.45, 2.75) is 51.7 Å². The summed E-state index contributed by atoms with van der Waals surface area (Å²) in [6.45, 7) is 9.25. The van der Waals surface area contributed by atoms with E-state index in [1.807, 2.05) is 0 Å². The van der Waals surface area contributed by atoms with E-state index in [9.17, 15) is 0 Å². The lowest BCUT2D eigenvalue weighted by Crippen LogP contribution is -2.67. The normalized spacial score (nSPS) is 13.7. The first-order valence-corrected chi connectivity index (χ1v) is 12.2. The Morgan fingerprint density at radius 1 is 0.917 bits per heavy atom. The Morgan fingerprint density at radius 3 is 1.75 bits per heavy atom. The van der Waals surface area contributed by atoms with Crippen LogP contribution in [0.2, 0.25) is 5.04 Å². The Hall–Kier alpha value is -0.653. The average Bonchev–Trinajstić information content (AvgIpc) is 2.58. The minimum atomic E-state index is -2.36. The van der Waals surface area contributed by atoms with Gasteiger partial charge in [0, 0.05) is 6.10 Å². The fraction of sp³-hybridized carbons (Fsp3) is 0.429. The fourth-order valence-corrected chi connectivity index (χ4v) is 8.59. The van der Waals surface area contributed by atoms with E-state index in [4.69, 9.17) is 4.43 Å². The smallest absolute Gasteiger partial charge is 0.261 e. The van der Waals surface area contributed by atoms with Gasteiger partial charge in [-0.2, -0.15) is 0 Å². The van der Waals surface area contributed by atoms with Crippen LogP contribution in [0.5, 0.6) is 0 Å². The molecule has 0 aromatic heterocycles. The molecule has 0 saturated heterocycles. The first-order valence-electron chi connectivity index (χ1n) is 8.76. The zero-order chi connectivity index (χ0) is 17.6. The number of benzene rings is 2. The van der Waals surface area contributed by atoms with Crippen LogP contribution in [-0.2, 0) is 4.43 Å². The van der Waals surface area contributed by atoms with Gasteiger partial charge in [-0.3, -0.25) is 0 Å². The number of halogens is 1. The zero-order valence-electron chi connectivity index (χ0n) is 15.3. The highest BCUT2D eigenvalue weighted by molar-refractivity contribution is 14.1. The van der Waals surface area contributed by atoms with Gasteiger partial charge in [-0.15, -0.1) is 0 Å². The molecule has 0 amide bonds. The van der Waals surface area contributed by atoms with Crippen molar-refractivity contribution in [1.29, 1.82) is 0 Å². The van der Waals surface area contributed by atoms with Gasteiger partial charge < -0.3 is 4.43 Å². The highest BCUT2D eigenvalue weighted by Crippen LogP contribution is 2.37. The van der Waals surface area contributed by atoms with Crippen LogP contribution in [0.1, 0.15) is 40.5 Å². The highest BCUT2D eigenvalue weighted by atomic mass is 127. The minimum absolute atomic E-state index is 0.0638. The van der Waals surface area contributed by atoms with Gasteiger partial charge in [0.05, 0.1) is 0 Å². The van der Waals surface area contributed by atoms with E-state index in [0.29, 0.717) is 0 Å². The molecule has 1 atom stereocenters. The summed E-state index contributed by atoms with van der Waals surface area (Å²) in [6, 6.07) is 21.8. The summed E-state index contributed by atoms with van der Waals surface area (Å²) in [5.74, 6) is 0. The number of rotatable bonds is 7. The van der Waals surface area contributed by atoms with Crippen molar-refractivity contribution in [3.8, 4) is 0 Å². The second-order valence-corrected chi connectivity index (χ2v) is 12.8. The molecule has 0 heterocycles. The van der Waals surface area contributed by atoms with Gasteiger partial charge >= 0.3 is 0 Å². The molecule has 1 nitrogen and oxygen atoms in total. The van der Waals surface area contributed by atoms with E-state index in [-0.39, 0.29) is 11.1 Å². The first-order chi connectivity index (χ1) is 11.4. The average molecular weight is 452 g/mol. The van der Waals surface area contributed by atoms with Crippen molar-refractivity contribution in [3.05, 3.63) is 60.7 Å². The van der Waals surface area contributed by atoms with Gasteiger partial charge in [-0.1, -0.05) is 104 Å². The van der Waals surface area contributed by atoms with Crippen LogP contribution < -0.4 is 10.4 Å². The van der Waals surface area contributed by atoms with E-state index < -0.39 is 8.32 Å². The van der Waals surface area contributed by atoms with Crippen LogP contribution in [0.4, 0.5) is 0 Å². The molecule has 0 bridgehead atoms. The molecule has 0 N–H and O–H groups in total. The SMILES string of the molecule is C[C@H](CCCI)O[Si](c1ccccc1)(c1ccccc1)C(C)(C)C. The molecule has 0 fully saturated rings. The summed E-state index contributed by atoms with van der Waals surface area (Å²) in [6.07, 6.45) is 2.60. The summed E-state index contributed by atoms with van der Waals surface area (Å²) >= 11 is 2.45. The maximum Gasteiger partial charge on any atom is 0.261 e. The second kappa shape index (κ2) is 8.63. The van der Waals surface area contributed by atoms with Gasteiger partial charge in [0.25, 0.3) is 8.32 Å². The Labute approximate surface area is 162 Å². The number of hydrogen-bond acceptors (Lipinski definition) is 1. The van der Waals surface area contributed by atoms with Crippen LogP contribution in [0, 0.1) is 0 Å². The van der Waals surface area contributed by atoms with Gasteiger partial charge in [0.15, 0.2) is 0 Å². The molecule has 0 radical (unpaired) electrons. The van der Waals surface area contributed by atoms with Gasteiger partial charge in [-0.25, -0.2) is 0 Å². The van der Waals surface area contributed by atoms with E-state index in [1.165, 1.54) is 21.2 Å². The van der Waals surface area contributed by atoms with Crippen LogP contribution in [0.15, 0.2) is 60.7 Å². The predicted molar refractivity (Wildman–Crippen MR) is 116 cm³/mol. The minimum Gasteiger partial charge on any atom is -0.405 e. The molecule has 0 saturated carbocycles. The van der Waals surface area contributed by atoms with Gasteiger partial charge in [-0.05, 0) is 39.6 Å². The van der Waals surface area contributed by atoms with E-state index in [1.54, 1.807) is 0 Å². The van der Waals surface area contributed by atoms with Crippen LogP contribution in [-0.4, -0.2) is 18.8 Å². The third kappa shape index (κ3) is 4.30. The lowest BCUT2D eigenvalue weighted by molar-refractivity contribution is 0.196. The maximum atomic E-state index is 7.01. The zero-order valence-corrected chi connectivity index (χ0v) is 18.4. The topological polar surface area (TPSA) is 9.23 Å². The summed E-state index contributed by atoms with van der Waals surface area (Å²) in [5.41, 5.74) is 0. The van der Waals surface area contributed by atoms with Crippen LogP contribution in [0.3, 0.4) is 0 Å². The van der Waals surface area contributed by atoms with E-state index in [2.05, 4.69) is 111 Å². The molecule has 0 aliphatic heterocycles. The second-order valence-electron chi connectivity index (χ2n) is 7.42. The number of alkyl halides is 1. The molecule has 0 aliphatic carbocycles. The lowest BCUT2D eigenvalue weighted by Gasteiger charge is -2.44. The predicted octanol–water partition coefficient (Wildman–Crippen LogP) is 5.17. The summed E-state index contributed by atoms with van der Waals surface area (Å²) < 4.78 is 8.20. The molecule has 2 rings (SSSR count). The number of hydrogen-bond donors (Lipinski definition) is 0. The van der Waals surface area contributed by atoms with Crippen molar-refractivity contribution in [1.82, 2.24) is 0 Å². The quantitative estimate of drug-likeness (QED) is 0.320. The highest BCUT2D eigenvalue weighted by Gasteiger charge is 2.50. The van der Waals surface area contributed by atoms with Crippen LogP contribution >= 0.6 is 22.6 Å². The van der Waals surface area contributed by atoms with Crippen molar-refractivity contribution >= 4 is 41.3 Å². The van der Waals surface area contributed by atoms with Gasteiger partial charge in [0.1, 0.15) is 0 Å². The molecule has 24 heavy (non-hydrogen) atoms. The molecule has 3 heteroatoms. The monoisotopic (exact) mass is 452 g/mol. The van der Waals surface area contributed by atoms with Crippen molar-refractivity contribution in [2.24, 2.45) is 0 Å². The lowest BCUT2D eigenvalue weighted by atomic mass is 10.2. The third-order valence-corrected chi connectivity index (χ3v) is 10.5. The molecule has 0 aliphatic rings. The first kappa shape index (κ1) is 19.7. The molecular formula is C21H29IOSi. The fourth-order valence-electron chi connectivity index (χ4n) is 3.42. The molecule has 0 unspecified atom stereocenters. The molecule has 2 aromatic carbocycles. The molecule has 130 valence electrons. The van der Waals surface area contributed by atoms with E-state index in [0.717, 1.165) is 6.42 Å².